The maximum atomic E-state index is 13.2. The fraction of sp³-hybridized carbons (Fsp3) is 0.455. The van der Waals surface area contributed by atoms with Gasteiger partial charge in [0.05, 0.1) is 6.33 Å². The second-order valence-corrected chi connectivity index (χ2v) is 7.94. The van der Waals surface area contributed by atoms with Gasteiger partial charge in [0.15, 0.2) is 11.5 Å². The number of piperidine rings is 1. The van der Waals surface area contributed by atoms with E-state index in [2.05, 4.69) is 48.8 Å². The van der Waals surface area contributed by atoms with Gasteiger partial charge in [-0.15, -0.1) is 0 Å². The van der Waals surface area contributed by atoms with E-state index < -0.39 is 0 Å². The Kier molecular flexibility index (Phi) is 4.66. The predicted octanol–water partition coefficient (Wildman–Crippen LogP) is 2.97. The summed E-state index contributed by atoms with van der Waals surface area (Å²) in [4.78, 5) is 33.6. The van der Waals surface area contributed by atoms with E-state index in [0.717, 1.165) is 62.2 Å². The van der Waals surface area contributed by atoms with Crippen LogP contribution in [0.4, 0.5) is 5.82 Å². The van der Waals surface area contributed by atoms with Crippen LogP contribution in [0.5, 0.6) is 0 Å². The normalized spacial score (nSPS) is 16.9. The Hall–Kier alpha value is -2.96. The Morgan fingerprint density at radius 2 is 2.00 bits per heavy atom. The third-order valence-electron chi connectivity index (χ3n) is 6.35. The van der Waals surface area contributed by atoms with Crippen LogP contribution in [0.1, 0.15) is 47.7 Å². The van der Waals surface area contributed by atoms with E-state index in [0.29, 0.717) is 5.65 Å². The molecule has 0 atom stereocenters. The lowest BCUT2D eigenvalue weighted by atomic mass is 10.0. The molecular formula is C22H26N6O. The number of nitrogens with zero attached hydrogens (tertiary/aromatic N) is 5. The number of rotatable bonds is 4. The van der Waals surface area contributed by atoms with Crippen LogP contribution in [0.25, 0.3) is 11.2 Å². The van der Waals surface area contributed by atoms with E-state index in [1.165, 1.54) is 17.5 Å². The number of anilines is 1. The van der Waals surface area contributed by atoms with Crippen molar-refractivity contribution in [3.8, 4) is 0 Å². The summed E-state index contributed by atoms with van der Waals surface area (Å²) in [5.41, 5.74) is 5.18. The fourth-order valence-electron chi connectivity index (χ4n) is 4.82. The molecule has 7 nitrogen and oxygen atoms in total. The first-order chi connectivity index (χ1) is 14.2. The average molecular weight is 390 g/mol. The number of carbonyl (C=O) groups is 1. The smallest absolute Gasteiger partial charge is 0.254 e. The molecule has 1 N–H and O–H groups in total. The molecule has 0 spiro atoms. The van der Waals surface area contributed by atoms with Crippen molar-refractivity contribution in [1.29, 1.82) is 0 Å². The molecule has 0 saturated carbocycles. The number of fused-ring (bicyclic) bond motifs is 2. The Labute approximate surface area is 170 Å². The summed E-state index contributed by atoms with van der Waals surface area (Å²) in [6.45, 7) is 4.54. The number of aryl methyl sites for hydroxylation is 2. The highest BCUT2D eigenvalue weighted by molar-refractivity contribution is 5.94. The summed E-state index contributed by atoms with van der Waals surface area (Å²) in [6.07, 6.45) is 8.54. The van der Waals surface area contributed by atoms with Gasteiger partial charge >= 0.3 is 0 Å². The number of nitrogens with one attached hydrogen (secondary N) is 1. The molecule has 7 heteroatoms. The second kappa shape index (κ2) is 7.46. The number of aromatic nitrogens is 4. The van der Waals surface area contributed by atoms with Gasteiger partial charge in [-0.05, 0) is 62.3 Å². The molecule has 1 saturated heterocycles. The van der Waals surface area contributed by atoms with Crippen molar-refractivity contribution < 1.29 is 4.79 Å². The summed E-state index contributed by atoms with van der Waals surface area (Å²) in [5.74, 6) is 1.07. The van der Waals surface area contributed by atoms with Gasteiger partial charge in [-0.3, -0.25) is 4.79 Å². The monoisotopic (exact) mass is 390 g/mol. The molecule has 2 aliphatic rings. The zero-order chi connectivity index (χ0) is 19.8. The number of amides is 1. The van der Waals surface area contributed by atoms with E-state index in [4.69, 9.17) is 0 Å². The molecule has 0 bridgehead atoms. The molecule has 1 amide bonds. The second-order valence-electron chi connectivity index (χ2n) is 7.94. The molecule has 150 valence electrons. The van der Waals surface area contributed by atoms with E-state index in [1.54, 1.807) is 12.7 Å². The lowest BCUT2D eigenvalue weighted by Gasteiger charge is -2.38. The molecule has 5 rings (SSSR count). The average Bonchev–Trinajstić information content (AvgIpc) is 3.43. The maximum absolute atomic E-state index is 13.2. The molecular weight excluding hydrogens is 364 g/mol. The zero-order valence-electron chi connectivity index (χ0n) is 16.8. The Bertz CT molecular complexity index is 1040. The first kappa shape index (κ1) is 18.1. The van der Waals surface area contributed by atoms with E-state index >= 15 is 0 Å². The van der Waals surface area contributed by atoms with Gasteiger partial charge in [-0.2, -0.15) is 0 Å². The highest BCUT2D eigenvalue weighted by atomic mass is 16.2. The Morgan fingerprint density at radius 3 is 2.83 bits per heavy atom. The van der Waals surface area contributed by atoms with E-state index in [-0.39, 0.29) is 11.9 Å². The Balaban J connectivity index is 1.30. The topological polar surface area (TPSA) is 78.0 Å². The summed E-state index contributed by atoms with van der Waals surface area (Å²) in [5, 5.41) is 0. The van der Waals surface area contributed by atoms with Crippen LogP contribution >= 0.6 is 0 Å². The van der Waals surface area contributed by atoms with Crippen molar-refractivity contribution >= 4 is 22.9 Å². The number of hydrogen-bond acceptors (Lipinski definition) is 5. The molecule has 1 aliphatic carbocycles. The van der Waals surface area contributed by atoms with E-state index in [1.807, 2.05) is 6.07 Å². The number of hydrogen-bond donors (Lipinski definition) is 1. The van der Waals surface area contributed by atoms with Crippen molar-refractivity contribution in [3.05, 3.63) is 47.5 Å². The quantitative estimate of drug-likeness (QED) is 0.741. The number of H-pyrrole nitrogens is 1. The molecule has 1 fully saturated rings. The van der Waals surface area contributed by atoms with Gasteiger partial charge in [-0.1, -0.05) is 6.07 Å². The number of aromatic amines is 1. The van der Waals surface area contributed by atoms with Crippen molar-refractivity contribution in [1.82, 2.24) is 24.8 Å². The van der Waals surface area contributed by atoms with Gasteiger partial charge in [0.25, 0.3) is 5.91 Å². The zero-order valence-corrected chi connectivity index (χ0v) is 16.8. The standard InChI is InChI=1S/C22H26N6O/c1-2-28(22(29)17-7-6-15-4-3-5-16(15)12-17)18-8-10-27(11-9-18)21-19-20(24-13-23-19)25-14-26-21/h6-7,12-14,18H,2-5,8-11H2,1H3,(H,23,24,25,26). The highest BCUT2D eigenvalue weighted by Gasteiger charge is 2.29. The molecule has 1 aliphatic heterocycles. The van der Waals surface area contributed by atoms with Crippen molar-refractivity contribution in [2.45, 2.75) is 45.1 Å². The lowest BCUT2D eigenvalue weighted by molar-refractivity contribution is 0.0663. The number of benzene rings is 1. The molecule has 0 unspecified atom stereocenters. The van der Waals surface area contributed by atoms with E-state index in [9.17, 15) is 4.79 Å². The van der Waals surface area contributed by atoms with Crippen LogP contribution < -0.4 is 4.90 Å². The van der Waals surface area contributed by atoms with Crippen LogP contribution in [0.15, 0.2) is 30.9 Å². The molecule has 0 radical (unpaired) electrons. The summed E-state index contributed by atoms with van der Waals surface area (Å²) < 4.78 is 0. The molecule has 1 aromatic carbocycles. The van der Waals surface area contributed by atoms with Gasteiger partial charge in [0.2, 0.25) is 0 Å². The van der Waals surface area contributed by atoms with Gasteiger partial charge in [0, 0.05) is 31.2 Å². The van der Waals surface area contributed by atoms with Crippen LogP contribution in [-0.2, 0) is 12.8 Å². The SMILES string of the molecule is CCN(C(=O)c1ccc2c(c1)CCC2)C1CCN(c2ncnc3nc[nH]c23)CC1. The highest BCUT2D eigenvalue weighted by Crippen LogP contribution is 2.27. The molecule has 29 heavy (non-hydrogen) atoms. The van der Waals surface area contributed by atoms with Gasteiger partial charge in [0.1, 0.15) is 11.8 Å². The first-order valence-electron chi connectivity index (χ1n) is 10.6. The minimum Gasteiger partial charge on any atom is -0.355 e. The van der Waals surface area contributed by atoms with Crippen LogP contribution in [-0.4, -0.2) is 56.4 Å². The maximum Gasteiger partial charge on any atom is 0.254 e. The minimum atomic E-state index is 0.165. The number of imidazole rings is 1. The summed E-state index contributed by atoms with van der Waals surface area (Å²) in [6, 6.07) is 6.55. The number of carbonyl (C=O) groups excluding carboxylic acids is 1. The summed E-state index contributed by atoms with van der Waals surface area (Å²) in [7, 11) is 0. The van der Waals surface area contributed by atoms with Crippen molar-refractivity contribution in [2.24, 2.45) is 0 Å². The van der Waals surface area contributed by atoms with Crippen LogP contribution in [0.3, 0.4) is 0 Å². The molecule has 3 aromatic rings. The largest absolute Gasteiger partial charge is 0.355 e. The molecule has 3 heterocycles. The van der Waals surface area contributed by atoms with Gasteiger partial charge < -0.3 is 14.8 Å². The van der Waals surface area contributed by atoms with Gasteiger partial charge in [-0.25, -0.2) is 15.0 Å². The first-order valence-corrected chi connectivity index (χ1v) is 10.6. The summed E-state index contributed by atoms with van der Waals surface area (Å²) >= 11 is 0. The van der Waals surface area contributed by atoms with Crippen LogP contribution in [0.2, 0.25) is 0 Å². The van der Waals surface area contributed by atoms with Crippen LogP contribution in [0, 0.1) is 0 Å². The van der Waals surface area contributed by atoms with Crippen molar-refractivity contribution in [2.75, 3.05) is 24.5 Å². The predicted molar refractivity (Wildman–Crippen MR) is 112 cm³/mol. The fourth-order valence-corrected chi connectivity index (χ4v) is 4.82. The molecule has 2 aromatic heterocycles. The minimum absolute atomic E-state index is 0.165. The van der Waals surface area contributed by atoms with Crippen molar-refractivity contribution in [3.63, 3.8) is 0 Å². The lowest BCUT2D eigenvalue weighted by Crippen LogP contribution is -2.47. The third kappa shape index (κ3) is 3.24. The third-order valence-corrected chi connectivity index (χ3v) is 6.35. The Morgan fingerprint density at radius 1 is 1.17 bits per heavy atom.